The molecule has 1 atom stereocenters. The van der Waals surface area contributed by atoms with Crippen molar-refractivity contribution >= 4 is 17.7 Å². The molecule has 26 heavy (non-hydrogen) atoms. The number of benzene rings is 1. The number of amides is 1. The Labute approximate surface area is 157 Å². The van der Waals surface area contributed by atoms with Crippen LogP contribution in [-0.2, 0) is 4.74 Å². The number of carbonyl (C=O) groups excluding carboxylic acids is 1. The molecule has 0 aromatic heterocycles. The van der Waals surface area contributed by atoms with Crippen LogP contribution in [0.1, 0.15) is 27.7 Å². The van der Waals surface area contributed by atoms with E-state index in [4.69, 9.17) is 4.74 Å². The molecule has 146 valence electrons. The van der Waals surface area contributed by atoms with Crippen molar-refractivity contribution in [3.63, 3.8) is 0 Å². The first kappa shape index (κ1) is 21.6. The number of ether oxygens (including phenoxy) is 1. The molecule has 0 aliphatic rings. The van der Waals surface area contributed by atoms with Crippen LogP contribution in [0.3, 0.4) is 0 Å². The Kier molecular flexibility index (Phi) is 8.75. The van der Waals surface area contributed by atoms with E-state index in [0.29, 0.717) is 19.0 Å². The smallest absolute Gasteiger partial charge is 0.407 e. The summed E-state index contributed by atoms with van der Waals surface area (Å²) >= 11 is 0. The highest BCUT2D eigenvalue weighted by Crippen LogP contribution is 2.13. The zero-order chi connectivity index (χ0) is 19.6. The van der Waals surface area contributed by atoms with Crippen LogP contribution < -0.4 is 20.9 Å². The van der Waals surface area contributed by atoms with Gasteiger partial charge in [-0.05, 0) is 39.8 Å². The molecule has 7 heteroatoms. The van der Waals surface area contributed by atoms with Gasteiger partial charge in [0, 0.05) is 45.5 Å². The molecule has 0 fully saturated rings. The number of aliphatic imine (C=N–C) groups is 1. The number of alkyl carbamates (subject to hydrolysis) is 1. The second-order valence-corrected chi connectivity index (χ2v) is 7.10. The van der Waals surface area contributed by atoms with Gasteiger partial charge in [0.1, 0.15) is 5.60 Å². The number of para-hydroxylation sites is 1. The number of rotatable bonds is 7. The maximum atomic E-state index is 11.6. The van der Waals surface area contributed by atoms with Gasteiger partial charge in [-0.1, -0.05) is 18.2 Å². The van der Waals surface area contributed by atoms with E-state index in [1.165, 1.54) is 5.69 Å². The third-order valence-electron chi connectivity index (χ3n) is 3.70. The maximum absolute atomic E-state index is 11.6. The lowest BCUT2D eigenvalue weighted by Crippen LogP contribution is -2.46. The summed E-state index contributed by atoms with van der Waals surface area (Å²) in [4.78, 5) is 18.0. The average Bonchev–Trinajstić information content (AvgIpc) is 2.59. The first-order chi connectivity index (χ1) is 12.2. The Bertz CT molecular complexity index is 569. The topological polar surface area (TPSA) is 78.0 Å². The first-order valence-corrected chi connectivity index (χ1v) is 8.92. The van der Waals surface area contributed by atoms with Gasteiger partial charge < -0.3 is 25.6 Å². The van der Waals surface area contributed by atoms with Gasteiger partial charge in [-0.3, -0.25) is 4.99 Å². The van der Waals surface area contributed by atoms with E-state index in [-0.39, 0.29) is 6.04 Å². The predicted molar refractivity (Wildman–Crippen MR) is 108 cm³/mol. The highest BCUT2D eigenvalue weighted by molar-refractivity contribution is 5.79. The summed E-state index contributed by atoms with van der Waals surface area (Å²) in [7, 11) is 3.80. The average molecular weight is 364 g/mol. The Hall–Kier alpha value is -2.44. The van der Waals surface area contributed by atoms with Gasteiger partial charge >= 0.3 is 6.09 Å². The number of carbonyl (C=O) groups is 1. The van der Waals surface area contributed by atoms with Crippen molar-refractivity contribution in [2.45, 2.75) is 39.3 Å². The third-order valence-corrected chi connectivity index (χ3v) is 3.70. The third kappa shape index (κ3) is 8.60. The molecule has 0 spiro atoms. The van der Waals surface area contributed by atoms with Crippen molar-refractivity contribution in [3.8, 4) is 0 Å². The van der Waals surface area contributed by atoms with E-state index in [1.807, 2.05) is 39.0 Å². The van der Waals surface area contributed by atoms with Crippen LogP contribution in [0.5, 0.6) is 0 Å². The van der Waals surface area contributed by atoms with Crippen LogP contribution in [0, 0.1) is 0 Å². The van der Waals surface area contributed by atoms with Gasteiger partial charge in [-0.15, -0.1) is 0 Å². The summed E-state index contributed by atoms with van der Waals surface area (Å²) in [5.74, 6) is 0.698. The fraction of sp³-hybridized carbons (Fsp3) is 0.579. The summed E-state index contributed by atoms with van der Waals surface area (Å²) in [6, 6.07) is 10.5. The number of hydrogen-bond donors (Lipinski definition) is 3. The van der Waals surface area contributed by atoms with E-state index < -0.39 is 11.7 Å². The quantitative estimate of drug-likeness (QED) is 0.393. The van der Waals surface area contributed by atoms with E-state index in [1.54, 1.807) is 7.05 Å². The van der Waals surface area contributed by atoms with E-state index in [2.05, 4.69) is 51.9 Å². The standard InChI is InChI=1S/C19H33N5O2/c1-15(24(6)16-10-8-7-9-11-16)14-23-17(20-5)21-12-13-22-18(25)26-19(2,3)4/h7-11,15H,12-14H2,1-6H3,(H,22,25)(H2,20,21,23). The Morgan fingerprint density at radius 3 is 2.35 bits per heavy atom. The highest BCUT2D eigenvalue weighted by Gasteiger charge is 2.15. The molecule has 0 heterocycles. The molecule has 1 amide bonds. The molecule has 1 aromatic carbocycles. The van der Waals surface area contributed by atoms with Crippen molar-refractivity contribution < 1.29 is 9.53 Å². The van der Waals surface area contributed by atoms with E-state index in [9.17, 15) is 4.79 Å². The van der Waals surface area contributed by atoms with Gasteiger partial charge in [-0.2, -0.15) is 0 Å². The lowest BCUT2D eigenvalue weighted by Gasteiger charge is -2.27. The van der Waals surface area contributed by atoms with Crippen LogP contribution in [0.2, 0.25) is 0 Å². The van der Waals surface area contributed by atoms with Crippen molar-refractivity contribution in [3.05, 3.63) is 30.3 Å². The predicted octanol–water partition coefficient (Wildman–Crippen LogP) is 2.20. The Morgan fingerprint density at radius 2 is 1.77 bits per heavy atom. The van der Waals surface area contributed by atoms with Crippen LogP contribution in [0.4, 0.5) is 10.5 Å². The van der Waals surface area contributed by atoms with E-state index >= 15 is 0 Å². The summed E-state index contributed by atoms with van der Waals surface area (Å²) in [5.41, 5.74) is 0.682. The summed E-state index contributed by atoms with van der Waals surface area (Å²) in [5, 5.41) is 9.18. The second-order valence-electron chi connectivity index (χ2n) is 7.10. The van der Waals surface area contributed by atoms with Crippen LogP contribution in [0.15, 0.2) is 35.3 Å². The Morgan fingerprint density at radius 1 is 1.15 bits per heavy atom. The van der Waals surface area contributed by atoms with Gasteiger partial charge in [-0.25, -0.2) is 4.79 Å². The van der Waals surface area contributed by atoms with Gasteiger partial charge in [0.2, 0.25) is 0 Å². The molecule has 7 nitrogen and oxygen atoms in total. The monoisotopic (exact) mass is 363 g/mol. The number of nitrogens with one attached hydrogen (secondary N) is 3. The van der Waals surface area contributed by atoms with Crippen LogP contribution in [0.25, 0.3) is 0 Å². The number of nitrogens with zero attached hydrogens (tertiary/aromatic N) is 2. The van der Waals surface area contributed by atoms with E-state index in [0.717, 1.165) is 6.54 Å². The fourth-order valence-electron chi connectivity index (χ4n) is 2.18. The second kappa shape index (κ2) is 10.5. The summed E-state index contributed by atoms with van der Waals surface area (Å²) in [6.45, 7) is 9.41. The molecule has 0 saturated carbocycles. The highest BCUT2D eigenvalue weighted by atomic mass is 16.6. The van der Waals surface area contributed by atoms with Gasteiger partial charge in [0.25, 0.3) is 0 Å². The first-order valence-electron chi connectivity index (χ1n) is 8.92. The zero-order valence-corrected chi connectivity index (χ0v) is 16.8. The normalized spacial score (nSPS) is 12.9. The molecule has 3 N–H and O–H groups in total. The van der Waals surface area contributed by atoms with Crippen molar-refractivity contribution in [2.24, 2.45) is 4.99 Å². The molecule has 0 saturated heterocycles. The fourth-order valence-corrected chi connectivity index (χ4v) is 2.18. The molecular formula is C19H33N5O2. The minimum Gasteiger partial charge on any atom is -0.444 e. The summed E-state index contributed by atoms with van der Waals surface area (Å²) < 4.78 is 5.19. The molecule has 1 unspecified atom stereocenters. The minimum atomic E-state index is -0.490. The van der Waals surface area contributed by atoms with Gasteiger partial charge in [0.15, 0.2) is 5.96 Å². The Balaban J connectivity index is 2.29. The van der Waals surface area contributed by atoms with Gasteiger partial charge in [0.05, 0.1) is 0 Å². The molecule has 0 radical (unpaired) electrons. The lowest BCUT2D eigenvalue weighted by atomic mass is 10.2. The number of anilines is 1. The maximum Gasteiger partial charge on any atom is 0.407 e. The molecule has 0 aliphatic heterocycles. The molecule has 0 aliphatic carbocycles. The lowest BCUT2D eigenvalue weighted by molar-refractivity contribution is 0.0529. The van der Waals surface area contributed by atoms with Crippen molar-refractivity contribution in [1.29, 1.82) is 0 Å². The number of hydrogen-bond acceptors (Lipinski definition) is 4. The zero-order valence-electron chi connectivity index (χ0n) is 16.8. The number of likely N-dealkylation sites (N-methyl/N-ethyl adjacent to an activating group) is 1. The molecular weight excluding hydrogens is 330 g/mol. The largest absolute Gasteiger partial charge is 0.444 e. The van der Waals surface area contributed by atoms with Crippen molar-refractivity contribution in [2.75, 3.05) is 38.6 Å². The van der Waals surface area contributed by atoms with Crippen LogP contribution in [-0.4, -0.2) is 57.4 Å². The minimum absolute atomic E-state index is 0.288. The van der Waals surface area contributed by atoms with Crippen LogP contribution >= 0.6 is 0 Å². The van der Waals surface area contributed by atoms with Crippen molar-refractivity contribution in [1.82, 2.24) is 16.0 Å². The summed E-state index contributed by atoms with van der Waals surface area (Å²) in [6.07, 6.45) is -0.416. The number of guanidine groups is 1. The SMILES string of the molecule is CN=C(NCCNC(=O)OC(C)(C)C)NCC(C)N(C)c1ccccc1. The molecule has 1 rings (SSSR count). The molecule has 0 bridgehead atoms. The molecule has 1 aromatic rings.